The van der Waals surface area contributed by atoms with Crippen LogP contribution in [0.25, 0.3) is 0 Å². The number of fused-ring (bicyclic) bond motifs is 3. The number of hydrogen-bond acceptors (Lipinski definition) is 6. The van der Waals surface area contributed by atoms with Crippen molar-refractivity contribution in [1.82, 2.24) is 30.7 Å². The third-order valence-corrected chi connectivity index (χ3v) is 9.77. The summed E-state index contributed by atoms with van der Waals surface area (Å²) in [4.78, 5) is 32.1. The third kappa shape index (κ3) is 6.56. The van der Waals surface area contributed by atoms with Crippen LogP contribution in [-0.4, -0.2) is 104 Å². The average molecular weight is 489 g/mol. The van der Waals surface area contributed by atoms with Crippen LogP contribution in [0.1, 0.15) is 64.7 Å². The fraction of sp³-hybridized carbons (Fsp3) is 0.926. The molecule has 8 nitrogen and oxygen atoms in total. The molecule has 3 N–H and O–H groups in total. The maximum Gasteiger partial charge on any atom is 0.315 e. The second-order valence-electron chi connectivity index (χ2n) is 12.0. The van der Waals surface area contributed by atoms with Gasteiger partial charge in [0.15, 0.2) is 0 Å². The number of Topliss-reactive ketones (excluding diaryl/α,β-unsaturated/α-hetero) is 1. The summed E-state index contributed by atoms with van der Waals surface area (Å²) in [5.74, 6) is 2.08. The fourth-order valence-corrected chi connectivity index (χ4v) is 7.49. The molecule has 2 amide bonds. The molecule has 5 saturated heterocycles. The first kappa shape index (κ1) is 25.4. The number of carbonyl (C=O) groups excluding carboxylic acids is 2. The van der Waals surface area contributed by atoms with Crippen LogP contribution < -0.4 is 16.0 Å². The molecule has 5 atom stereocenters. The van der Waals surface area contributed by atoms with E-state index in [4.69, 9.17) is 0 Å². The van der Waals surface area contributed by atoms with E-state index in [1.165, 1.54) is 84.5 Å². The van der Waals surface area contributed by atoms with Gasteiger partial charge in [0.25, 0.3) is 0 Å². The van der Waals surface area contributed by atoms with E-state index in [0.29, 0.717) is 18.0 Å². The highest BCUT2D eigenvalue weighted by Gasteiger charge is 2.41. The molecule has 0 aromatic carbocycles. The van der Waals surface area contributed by atoms with Crippen LogP contribution in [0.2, 0.25) is 0 Å². The Morgan fingerprint density at radius 1 is 0.914 bits per heavy atom. The molecule has 6 rings (SSSR count). The summed E-state index contributed by atoms with van der Waals surface area (Å²) in [6, 6.07) is 0.673. The number of piperidine rings is 4. The maximum absolute atomic E-state index is 12.5. The largest absolute Gasteiger partial charge is 0.337 e. The van der Waals surface area contributed by atoms with Gasteiger partial charge in [-0.05, 0) is 89.6 Å². The highest BCUT2D eigenvalue weighted by molar-refractivity contribution is 5.78. The quantitative estimate of drug-likeness (QED) is 0.508. The van der Waals surface area contributed by atoms with Crippen LogP contribution in [0.5, 0.6) is 0 Å². The smallest absolute Gasteiger partial charge is 0.315 e. The van der Waals surface area contributed by atoms with Gasteiger partial charge in [-0.3, -0.25) is 14.6 Å². The van der Waals surface area contributed by atoms with Crippen molar-refractivity contribution >= 4 is 11.8 Å². The van der Waals surface area contributed by atoms with Crippen molar-refractivity contribution in [3.63, 3.8) is 0 Å². The van der Waals surface area contributed by atoms with Gasteiger partial charge in [0.05, 0.1) is 6.17 Å². The van der Waals surface area contributed by atoms with Crippen LogP contribution in [0, 0.1) is 17.8 Å². The molecule has 0 aromatic rings. The molecule has 35 heavy (non-hydrogen) atoms. The van der Waals surface area contributed by atoms with Gasteiger partial charge in [0.1, 0.15) is 5.78 Å². The van der Waals surface area contributed by atoms with Crippen molar-refractivity contribution in [1.29, 1.82) is 0 Å². The Labute approximate surface area is 211 Å². The monoisotopic (exact) mass is 488 g/mol. The average Bonchev–Trinajstić information content (AvgIpc) is 2.89. The first-order valence-electron chi connectivity index (χ1n) is 14.5. The summed E-state index contributed by atoms with van der Waals surface area (Å²) in [5, 5.41) is 10.0. The minimum absolute atomic E-state index is 0.0270. The lowest BCUT2D eigenvalue weighted by molar-refractivity contribution is -0.121. The van der Waals surface area contributed by atoms with E-state index in [1.54, 1.807) is 6.92 Å². The molecule has 0 radical (unpaired) electrons. The number of piperazine rings is 1. The Morgan fingerprint density at radius 2 is 1.71 bits per heavy atom. The number of amides is 2. The Morgan fingerprint density at radius 3 is 2.37 bits per heavy atom. The maximum atomic E-state index is 12.5. The standard InChI is InChI=1S/C27H48N6O2/c1-20(34)21-5-7-24(8-6-21)30-27(35)29-17-25-16-22-9-11-33(25)19-23(22)18-31-12-14-32(15-13-31)26-4-2-3-10-28-26/h21-26,28H,2-19H2,1H3,(H2,29,30,35). The molecule has 5 unspecified atom stereocenters. The molecule has 5 aliphatic heterocycles. The molecule has 6 fully saturated rings. The van der Waals surface area contributed by atoms with Crippen LogP contribution in [0.15, 0.2) is 0 Å². The summed E-state index contributed by atoms with van der Waals surface area (Å²) < 4.78 is 0. The number of urea groups is 1. The van der Waals surface area contributed by atoms with Crippen LogP contribution in [0.3, 0.4) is 0 Å². The van der Waals surface area contributed by atoms with Crippen molar-refractivity contribution in [2.24, 2.45) is 17.8 Å². The predicted octanol–water partition coefficient (Wildman–Crippen LogP) is 1.86. The van der Waals surface area contributed by atoms with E-state index in [1.807, 2.05) is 0 Å². The highest BCUT2D eigenvalue weighted by atomic mass is 16.2. The number of nitrogens with zero attached hydrogens (tertiary/aromatic N) is 3. The minimum atomic E-state index is -0.0270. The summed E-state index contributed by atoms with van der Waals surface area (Å²) in [6.07, 6.45) is 10.8. The zero-order chi connectivity index (χ0) is 24.2. The van der Waals surface area contributed by atoms with E-state index in [9.17, 15) is 9.59 Å². The molecule has 1 saturated carbocycles. The van der Waals surface area contributed by atoms with Crippen LogP contribution in [0.4, 0.5) is 4.79 Å². The summed E-state index contributed by atoms with van der Waals surface area (Å²) in [7, 11) is 0. The van der Waals surface area contributed by atoms with Gasteiger partial charge in [-0.25, -0.2) is 4.79 Å². The molecular weight excluding hydrogens is 440 g/mol. The molecule has 2 bridgehead atoms. The van der Waals surface area contributed by atoms with E-state index in [2.05, 4.69) is 30.7 Å². The number of ketones is 1. The van der Waals surface area contributed by atoms with Gasteiger partial charge in [-0.2, -0.15) is 0 Å². The number of rotatable bonds is 7. The van der Waals surface area contributed by atoms with Crippen molar-refractivity contribution in [3.05, 3.63) is 0 Å². The molecule has 0 spiro atoms. The molecule has 5 heterocycles. The number of carbonyl (C=O) groups is 2. The van der Waals surface area contributed by atoms with E-state index >= 15 is 0 Å². The van der Waals surface area contributed by atoms with Crippen molar-refractivity contribution in [3.8, 4) is 0 Å². The van der Waals surface area contributed by atoms with E-state index < -0.39 is 0 Å². The normalized spacial score (nSPS) is 38.7. The van der Waals surface area contributed by atoms with Crippen LogP contribution in [-0.2, 0) is 4.79 Å². The Kier molecular flexibility index (Phi) is 8.64. The molecule has 0 aromatic heterocycles. The second-order valence-corrected chi connectivity index (χ2v) is 12.0. The second kappa shape index (κ2) is 11.9. The molecular formula is C27H48N6O2. The first-order valence-corrected chi connectivity index (χ1v) is 14.5. The van der Waals surface area contributed by atoms with Gasteiger partial charge < -0.3 is 20.9 Å². The van der Waals surface area contributed by atoms with Crippen molar-refractivity contribution in [2.45, 2.75) is 83.0 Å². The summed E-state index contributed by atoms with van der Waals surface area (Å²) in [5.41, 5.74) is 0. The Balaban J connectivity index is 0.997. The van der Waals surface area contributed by atoms with E-state index in [0.717, 1.165) is 44.1 Å². The van der Waals surface area contributed by atoms with Gasteiger partial charge in [-0.1, -0.05) is 0 Å². The SMILES string of the molecule is CC(=O)C1CCC(NC(=O)NCC2CC3CCN2CC3CN2CCN(C3CCCCN3)CC2)CC1. The molecule has 198 valence electrons. The van der Waals surface area contributed by atoms with Crippen LogP contribution >= 0.6 is 0 Å². The lowest BCUT2D eigenvalue weighted by atomic mass is 9.75. The van der Waals surface area contributed by atoms with Gasteiger partial charge in [0, 0.05) is 63.8 Å². The van der Waals surface area contributed by atoms with E-state index in [-0.39, 0.29) is 18.0 Å². The predicted molar refractivity (Wildman–Crippen MR) is 138 cm³/mol. The van der Waals surface area contributed by atoms with Crippen molar-refractivity contribution in [2.75, 3.05) is 58.9 Å². The number of hydrogen-bond donors (Lipinski definition) is 3. The van der Waals surface area contributed by atoms with Gasteiger partial charge >= 0.3 is 6.03 Å². The zero-order valence-corrected chi connectivity index (χ0v) is 21.9. The van der Waals surface area contributed by atoms with Gasteiger partial charge in [-0.15, -0.1) is 0 Å². The molecule has 8 heteroatoms. The first-order chi connectivity index (χ1) is 17.0. The lowest BCUT2D eigenvalue weighted by Gasteiger charge is -2.51. The minimum Gasteiger partial charge on any atom is -0.337 e. The number of nitrogens with one attached hydrogen (secondary N) is 3. The van der Waals surface area contributed by atoms with Crippen molar-refractivity contribution < 1.29 is 9.59 Å². The molecule has 1 aliphatic carbocycles. The zero-order valence-electron chi connectivity index (χ0n) is 21.9. The highest BCUT2D eigenvalue weighted by Crippen LogP contribution is 2.36. The Hall–Kier alpha value is -1.22. The topological polar surface area (TPSA) is 80.0 Å². The Bertz CT molecular complexity index is 712. The lowest BCUT2D eigenvalue weighted by Crippen LogP contribution is -2.60. The molecule has 6 aliphatic rings. The summed E-state index contributed by atoms with van der Waals surface area (Å²) >= 11 is 0. The van der Waals surface area contributed by atoms with Gasteiger partial charge in [0.2, 0.25) is 0 Å². The fourth-order valence-electron chi connectivity index (χ4n) is 7.49. The summed E-state index contributed by atoms with van der Waals surface area (Å²) in [6.45, 7) is 12.1. The third-order valence-electron chi connectivity index (χ3n) is 9.77.